The Hall–Kier alpha value is -2.31. The number of carbonyl (C=O) groups is 1. The minimum atomic E-state index is -0.0105. The van der Waals surface area contributed by atoms with Crippen molar-refractivity contribution in [2.75, 3.05) is 11.9 Å². The first-order chi connectivity index (χ1) is 9.75. The molecular formula is C13H16N6O. The summed E-state index contributed by atoms with van der Waals surface area (Å²) in [5.41, 5.74) is 0.819. The van der Waals surface area contributed by atoms with E-state index < -0.39 is 0 Å². The van der Waals surface area contributed by atoms with Crippen molar-refractivity contribution in [1.82, 2.24) is 25.2 Å². The summed E-state index contributed by atoms with van der Waals surface area (Å²) in [6.07, 6.45) is 5.69. The molecule has 1 amide bonds. The van der Waals surface area contributed by atoms with Gasteiger partial charge in [0.05, 0.1) is 11.9 Å². The Morgan fingerprint density at radius 1 is 1.45 bits per heavy atom. The molecule has 0 radical (unpaired) electrons. The molecule has 0 N–H and O–H groups in total. The van der Waals surface area contributed by atoms with Crippen molar-refractivity contribution in [1.29, 1.82) is 0 Å². The Balaban J connectivity index is 1.71. The maximum atomic E-state index is 12.6. The summed E-state index contributed by atoms with van der Waals surface area (Å²) in [6, 6.07) is 3.72. The second kappa shape index (κ2) is 5.36. The van der Waals surface area contributed by atoms with Gasteiger partial charge in [0.1, 0.15) is 0 Å². The van der Waals surface area contributed by atoms with E-state index in [1.807, 2.05) is 12.1 Å². The minimum absolute atomic E-state index is 0.0105. The zero-order chi connectivity index (χ0) is 13.9. The van der Waals surface area contributed by atoms with E-state index >= 15 is 0 Å². The molecular weight excluding hydrogens is 256 g/mol. The van der Waals surface area contributed by atoms with E-state index in [0.29, 0.717) is 6.54 Å². The third-order valence-electron chi connectivity index (χ3n) is 3.72. The van der Waals surface area contributed by atoms with E-state index in [2.05, 4.69) is 20.5 Å². The number of fused-ring (bicyclic) bond motifs is 1. The molecule has 3 rings (SSSR count). The number of carbonyl (C=O) groups excluding carboxylic acids is 1. The summed E-state index contributed by atoms with van der Waals surface area (Å²) in [4.78, 5) is 18.3. The van der Waals surface area contributed by atoms with Gasteiger partial charge >= 0.3 is 0 Å². The van der Waals surface area contributed by atoms with Gasteiger partial charge in [-0.05, 0) is 35.4 Å². The van der Waals surface area contributed by atoms with Crippen LogP contribution in [0.2, 0.25) is 0 Å². The molecule has 2 aromatic heterocycles. The maximum absolute atomic E-state index is 12.6. The highest BCUT2D eigenvalue weighted by atomic mass is 16.2. The molecule has 0 aromatic carbocycles. The fraction of sp³-hybridized carbons (Fsp3) is 0.462. The summed E-state index contributed by atoms with van der Waals surface area (Å²) in [7, 11) is 1.79. The molecule has 7 nitrogen and oxygen atoms in total. The molecule has 1 atom stereocenters. The lowest BCUT2D eigenvalue weighted by molar-refractivity contribution is -0.122. The molecule has 2 aromatic rings. The Kier molecular flexibility index (Phi) is 3.41. The first-order valence-electron chi connectivity index (χ1n) is 6.68. The predicted octanol–water partition coefficient (Wildman–Crippen LogP) is 0.684. The molecule has 0 fully saturated rings. The van der Waals surface area contributed by atoms with Gasteiger partial charge in [0.25, 0.3) is 0 Å². The van der Waals surface area contributed by atoms with Crippen molar-refractivity contribution in [2.24, 2.45) is 5.92 Å². The number of aryl methyl sites for hydroxylation is 2. The zero-order valence-corrected chi connectivity index (χ0v) is 11.3. The van der Waals surface area contributed by atoms with Gasteiger partial charge < -0.3 is 4.90 Å². The Morgan fingerprint density at radius 3 is 3.15 bits per heavy atom. The highest BCUT2D eigenvalue weighted by molar-refractivity contribution is 5.94. The first kappa shape index (κ1) is 12.7. The van der Waals surface area contributed by atoms with Crippen LogP contribution in [0.15, 0.2) is 24.5 Å². The van der Waals surface area contributed by atoms with Crippen LogP contribution in [-0.4, -0.2) is 38.1 Å². The molecule has 104 valence electrons. The van der Waals surface area contributed by atoms with E-state index in [-0.39, 0.29) is 11.8 Å². The third kappa shape index (κ3) is 2.38. The van der Waals surface area contributed by atoms with Crippen LogP contribution >= 0.6 is 0 Å². The van der Waals surface area contributed by atoms with Crippen LogP contribution in [0.5, 0.6) is 0 Å². The second-order valence-corrected chi connectivity index (χ2v) is 4.95. The van der Waals surface area contributed by atoms with Gasteiger partial charge in [-0.1, -0.05) is 0 Å². The van der Waals surface area contributed by atoms with E-state index in [1.165, 1.54) is 0 Å². The molecule has 3 heterocycles. The summed E-state index contributed by atoms with van der Waals surface area (Å²) >= 11 is 0. The molecule has 0 saturated heterocycles. The molecule has 0 spiro atoms. The quantitative estimate of drug-likeness (QED) is 0.803. The number of rotatable bonds is 2. The van der Waals surface area contributed by atoms with E-state index in [0.717, 1.165) is 30.8 Å². The molecule has 0 bridgehead atoms. The standard InChI is InChI=1S/C13H16N6O/c1-18(11-3-2-7-14-9-11)13(20)10-4-5-12-15-16-17-19(12)8-6-10/h2-3,7,9-10H,4-6,8H2,1H3. The zero-order valence-electron chi connectivity index (χ0n) is 11.3. The molecule has 20 heavy (non-hydrogen) atoms. The fourth-order valence-corrected chi connectivity index (χ4v) is 2.50. The molecule has 7 heteroatoms. The molecule has 1 aliphatic heterocycles. The summed E-state index contributed by atoms with van der Waals surface area (Å²) in [5, 5.41) is 11.6. The van der Waals surface area contributed by atoms with Crippen molar-refractivity contribution in [3.05, 3.63) is 30.4 Å². The lowest BCUT2D eigenvalue weighted by atomic mass is 9.98. The van der Waals surface area contributed by atoms with E-state index in [9.17, 15) is 4.79 Å². The largest absolute Gasteiger partial charge is 0.314 e. The first-order valence-corrected chi connectivity index (χ1v) is 6.68. The average molecular weight is 272 g/mol. The third-order valence-corrected chi connectivity index (χ3v) is 3.72. The topological polar surface area (TPSA) is 76.8 Å². The Morgan fingerprint density at radius 2 is 2.35 bits per heavy atom. The molecule has 1 aliphatic rings. The maximum Gasteiger partial charge on any atom is 0.229 e. The predicted molar refractivity (Wildman–Crippen MR) is 71.9 cm³/mol. The number of nitrogens with zero attached hydrogens (tertiary/aromatic N) is 6. The van der Waals surface area contributed by atoms with Gasteiger partial charge in [0, 0.05) is 32.1 Å². The number of anilines is 1. The number of aromatic nitrogens is 5. The summed E-state index contributed by atoms with van der Waals surface area (Å²) in [6.45, 7) is 0.694. The van der Waals surface area contributed by atoms with Gasteiger partial charge in [-0.2, -0.15) is 0 Å². The van der Waals surface area contributed by atoms with Gasteiger partial charge in [-0.25, -0.2) is 4.68 Å². The monoisotopic (exact) mass is 272 g/mol. The normalized spacial score (nSPS) is 18.1. The lowest BCUT2D eigenvalue weighted by Gasteiger charge is -2.22. The number of tetrazole rings is 1. The molecule has 0 aliphatic carbocycles. The smallest absolute Gasteiger partial charge is 0.229 e. The number of hydrogen-bond donors (Lipinski definition) is 0. The minimum Gasteiger partial charge on any atom is -0.314 e. The highest BCUT2D eigenvalue weighted by Gasteiger charge is 2.26. The van der Waals surface area contributed by atoms with Crippen LogP contribution in [0.4, 0.5) is 5.69 Å². The van der Waals surface area contributed by atoms with E-state index in [1.54, 1.807) is 29.0 Å². The number of pyridine rings is 1. The van der Waals surface area contributed by atoms with Crippen LogP contribution in [0.25, 0.3) is 0 Å². The molecule has 1 unspecified atom stereocenters. The van der Waals surface area contributed by atoms with Crippen molar-refractivity contribution >= 4 is 11.6 Å². The second-order valence-electron chi connectivity index (χ2n) is 4.95. The van der Waals surface area contributed by atoms with Gasteiger partial charge in [-0.15, -0.1) is 5.10 Å². The number of hydrogen-bond acceptors (Lipinski definition) is 5. The highest BCUT2D eigenvalue weighted by Crippen LogP contribution is 2.22. The van der Waals surface area contributed by atoms with Crippen LogP contribution < -0.4 is 4.90 Å². The van der Waals surface area contributed by atoms with Crippen molar-refractivity contribution < 1.29 is 4.79 Å². The van der Waals surface area contributed by atoms with Crippen molar-refractivity contribution in [3.8, 4) is 0 Å². The fourth-order valence-electron chi connectivity index (χ4n) is 2.50. The van der Waals surface area contributed by atoms with Gasteiger partial charge in [0.2, 0.25) is 5.91 Å². The van der Waals surface area contributed by atoms with Crippen molar-refractivity contribution in [2.45, 2.75) is 25.8 Å². The lowest BCUT2D eigenvalue weighted by Crippen LogP contribution is -2.33. The average Bonchev–Trinajstić information content (AvgIpc) is 2.85. The number of amides is 1. The SMILES string of the molecule is CN(C(=O)C1CCc2nnnn2CC1)c1cccnc1. The van der Waals surface area contributed by atoms with Gasteiger partial charge in [0.15, 0.2) is 5.82 Å². The van der Waals surface area contributed by atoms with Crippen molar-refractivity contribution in [3.63, 3.8) is 0 Å². The Bertz CT molecular complexity index is 573. The van der Waals surface area contributed by atoms with Crippen LogP contribution in [0.1, 0.15) is 18.7 Å². The Labute approximate surface area is 116 Å². The summed E-state index contributed by atoms with van der Waals surface area (Å²) in [5.74, 6) is 0.977. The van der Waals surface area contributed by atoms with Crippen LogP contribution in [0.3, 0.4) is 0 Å². The summed E-state index contributed by atoms with van der Waals surface area (Å²) < 4.78 is 1.79. The molecule has 0 saturated carbocycles. The van der Waals surface area contributed by atoms with Crippen LogP contribution in [0, 0.1) is 5.92 Å². The van der Waals surface area contributed by atoms with Gasteiger partial charge in [-0.3, -0.25) is 9.78 Å². The van der Waals surface area contributed by atoms with E-state index in [4.69, 9.17) is 0 Å². The van der Waals surface area contributed by atoms with Crippen LogP contribution in [-0.2, 0) is 17.8 Å².